The van der Waals surface area contributed by atoms with Crippen molar-refractivity contribution >= 4 is 46.4 Å². The Kier molecular flexibility index (Phi) is 4.97. The van der Waals surface area contributed by atoms with Gasteiger partial charge in [0.2, 0.25) is 0 Å². The number of aromatic nitrogens is 4. The van der Waals surface area contributed by atoms with Crippen LogP contribution in [0.5, 0.6) is 0 Å². The molecule has 0 amide bonds. The molecule has 0 atom stereocenters. The third-order valence-corrected chi connectivity index (χ3v) is 5.25. The van der Waals surface area contributed by atoms with Crippen LogP contribution < -0.4 is 0 Å². The summed E-state index contributed by atoms with van der Waals surface area (Å²) in [4.78, 5) is 16.5. The zero-order chi connectivity index (χ0) is 19.9. The standard InChI is InChI=1S/C26H18N4.Zn/c1-2-4-17(5-3-1)25-15-24-14-22-9-8-20(28-22)12-18-6-7-19(27-18)13-21-10-11-23(29-21)16-26(25)30-24;/h1-16,27,30H;. The van der Waals surface area contributed by atoms with Crippen LogP contribution in [-0.4, -0.2) is 19.9 Å². The number of aromatic amines is 2. The number of nitrogens with one attached hydrogen (secondary N) is 2. The minimum absolute atomic E-state index is 0. The van der Waals surface area contributed by atoms with Gasteiger partial charge >= 0.3 is 0 Å². The molecule has 0 saturated carbocycles. The third-order valence-electron chi connectivity index (χ3n) is 5.25. The van der Waals surface area contributed by atoms with Crippen molar-refractivity contribution in [3.63, 3.8) is 0 Å². The summed E-state index contributed by atoms with van der Waals surface area (Å²) in [7, 11) is 0. The Morgan fingerprint density at radius 1 is 0.516 bits per heavy atom. The van der Waals surface area contributed by atoms with E-state index in [1.807, 2.05) is 36.4 Å². The predicted molar refractivity (Wildman–Crippen MR) is 124 cm³/mol. The summed E-state index contributed by atoms with van der Waals surface area (Å²) < 4.78 is 0. The number of benzene rings is 1. The van der Waals surface area contributed by atoms with Crippen LogP contribution in [0.15, 0.2) is 72.8 Å². The molecular formula is C26H18N4Zn. The summed E-state index contributed by atoms with van der Waals surface area (Å²) in [5, 5.41) is 0. The topological polar surface area (TPSA) is 57.4 Å². The molecule has 31 heavy (non-hydrogen) atoms. The van der Waals surface area contributed by atoms with E-state index in [2.05, 4.69) is 70.6 Å². The van der Waals surface area contributed by atoms with Gasteiger partial charge in [-0.1, -0.05) is 30.3 Å². The van der Waals surface area contributed by atoms with Crippen molar-refractivity contribution < 1.29 is 19.5 Å². The molecular weight excluding hydrogens is 434 g/mol. The van der Waals surface area contributed by atoms with Gasteiger partial charge in [0.25, 0.3) is 0 Å². The Bertz CT molecular complexity index is 1490. The average Bonchev–Trinajstić information content (AvgIpc) is 3.53. The molecule has 0 saturated heterocycles. The van der Waals surface area contributed by atoms with Crippen LogP contribution in [0.1, 0.15) is 22.8 Å². The van der Waals surface area contributed by atoms with Gasteiger partial charge in [-0.2, -0.15) is 0 Å². The molecule has 0 aliphatic carbocycles. The van der Waals surface area contributed by atoms with E-state index in [9.17, 15) is 0 Å². The quantitative estimate of drug-likeness (QED) is 0.287. The molecule has 6 rings (SSSR count). The largest absolute Gasteiger partial charge is 0.355 e. The Balaban J connectivity index is 0.00000204. The van der Waals surface area contributed by atoms with Gasteiger partial charge < -0.3 is 9.97 Å². The summed E-state index contributed by atoms with van der Waals surface area (Å²) in [6.45, 7) is 0. The number of rotatable bonds is 1. The zero-order valence-electron chi connectivity index (χ0n) is 16.8. The van der Waals surface area contributed by atoms with E-state index in [0.29, 0.717) is 0 Å². The molecule has 144 valence electrons. The van der Waals surface area contributed by atoms with E-state index >= 15 is 0 Å². The number of H-pyrrole nitrogens is 2. The van der Waals surface area contributed by atoms with Crippen LogP contribution >= 0.6 is 0 Å². The maximum Gasteiger partial charge on any atom is 0.0658 e. The van der Waals surface area contributed by atoms with Gasteiger partial charge in [0.05, 0.1) is 22.8 Å². The number of fused-ring (bicyclic) bond motifs is 8. The molecule has 8 bridgehead atoms. The van der Waals surface area contributed by atoms with E-state index in [4.69, 9.17) is 9.97 Å². The van der Waals surface area contributed by atoms with Gasteiger partial charge in [-0.05, 0) is 72.3 Å². The molecule has 5 heteroatoms. The smallest absolute Gasteiger partial charge is 0.0658 e. The van der Waals surface area contributed by atoms with E-state index in [0.717, 1.165) is 50.4 Å². The second-order valence-electron chi connectivity index (χ2n) is 7.45. The average molecular weight is 452 g/mol. The maximum atomic E-state index is 4.77. The van der Waals surface area contributed by atoms with Crippen LogP contribution in [0.25, 0.3) is 57.5 Å². The minimum atomic E-state index is 0. The summed E-state index contributed by atoms with van der Waals surface area (Å²) in [5.41, 5.74) is 10.1. The van der Waals surface area contributed by atoms with Gasteiger partial charge in [-0.15, -0.1) is 0 Å². The Labute approximate surface area is 192 Å². The molecule has 2 N–H and O–H groups in total. The number of hydrogen-bond acceptors (Lipinski definition) is 2. The van der Waals surface area contributed by atoms with Crippen molar-refractivity contribution in [2.75, 3.05) is 0 Å². The molecule has 2 aliphatic heterocycles. The Hall–Kier alpha value is -3.56. The van der Waals surface area contributed by atoms with E-state index in [1.165, 1.54) is 5.56 Å². The van der Waals surface area contributed by atoms with Crippen molar-refractivity contribution in [2.45, 2.75) is 0 Å². The van der Waals surface area contributed by atoms with Crippen LogP contribution in [0.2, 0.25) is 0 Å². The Morgan fingerprint density at radius 2 is 1.06 bits per heavy atom. The molecule has 4 nitrogen and oxygen atoms in total. The summed E-state index contributed by atoms with van der Waals surface area (Å²) >= 11 is 0. The molecule has 1 aromatic carbocycles. The first-order valence-corrected chi connectivity index (χ1v) is 9.92. The normalized spacial score (nSPS) is 12.0. The molecule has 2 aliphatic rings. The van der Waals surface area contributed by atoms with Gasteiger partial charge in [-0.25, -0.2) is 9.97 Å². The van der Waals surface area contributed by atoms with Gasteiger partial charge in [0, 0.05) is 47.1 Å². The fraction of sp³-hybridized carbons (Fsp3) is 0. The monoisotopic (exact) mass is 450 g/mol. The second kappa shape index (κ2) is 7.94. The third kappa shape index (κ3) is 3.93. The van der Waals surface area contributed by atoms with Crippen molar-refractivity contribution in [2.24, 2.45) is 0 Å². The summed E-state index contributed by atoms with van der Waals surface area (Å²) in [6, 6.07) is 25.0. The van der Waals surface area contributed by atoms with Crippen LogP contribution in [0.4, 0.5) is 0 Å². The summed E-state index contributed by atoms with van der Waals surface area (Å²) in [5.74, 6) is 0. The van der Waals surface area contributed by atoms with Crippen LogP contribution in [0.3, 0.4) is 0 Å². The van der Waals surface area contributed by atoms with Crippen molar-refractivity contribution in [1.82, 2.24) is 19.9 Å². The van der Waals surface area contributed by atoms with Gasteiger partial charge in [-0.3, -0.25) is 0 Å². The SMILES string of the molecule is C1=Cc2cc3cc(-c4ccccc4)c(cc4nc(cc5ccc(cc1n2)[nH]5)C=C4)[nH]3.[Zn]. The van der Waals surface area contributed by atoms with Gasteiger partial charge in [0.1, 0.15) is 0 Å². The fourth-order valence-corrected chi connectivity index (χ4v) is 3.87. The van der Waals surface area contributed by atoms with Crippen LogP contribution in [-0.2, 0) is 19.5 Å². The molecule has 5 heterocycles. The van der Waals surface area contributed by atoms with Crippen molar-refractivity contribution in [1.29, 1.82) is 0 Å². The minimum Gasteiger partial charge on any atom is -0.355 e. The maximum absolute atomic E-state index is 4.77. The van der Waals surface area contributed by atoms with Crippen LogP contribution in [0, 0.1) is 0 Å². The first kappa shape index (κ1) is 19.4. The molecule has 0 unspecified atom stereocenters. The van der Waals surface area contributed by atoms with E-state index in [1.54, 1.807) is 0 Å². The fourth-order valence-electron chi connectivity index (χ4n) is 3.87. The molecule has 0 spiro atoms. The van der Waals surface area contributed by atoms with Gasteiger partial charge in [0.15, 0.2) is 0 Å². The molecule has 3 aromatic heterocycles. The van der Waals surface area contributed by atoms with Crippen molar-refractivity contribution in [3.05, 3.63) is 95.6 Å². The molecule has 0 fully saturated rings. The second-order valence-corrected chi connectivity index (χ2v) is 7.45. The first-order valence-electron chi connectivity index (χ1n) is 9.92. The molecule has 4 aromatic rings. The summed E-state index contributed by atoms with van der Waals surface area (Å²) in [6.07, 6.45) is 8.16. The van der Waals surface area contributed by atoms with E-state index in [-0.39, 0.29) is 19.5 Å². The number of hydrogen-bond donors (Lipinski definition) is 2. The number of nitrogens with zero attached hydrogens (tertiary/aromatic N) is 2. The van der Waals surface area contributed by atoms with Crippen molar-refractivity contribution in [3.8, 4) is 11.1 Å². The predicted octanol–water partition coefficient (Wildman–Crippen LogP) is 6.32. The van der Waals surface area contributed by atoms with E-state index < -0.39 is 0 Å². The Morgan fingerprint density at radius 3 is 1.68 bits per heavy atom. The first-order chi connectivity index (χ1) is 14.8. The zero-order valence-corrected chi connectivity index (χ0v) is 19.8. The molecule has 0 radical (unpaired) electrons.